The Morgan fingerprint density at radius 1 is 1.25 bits per heavy atom. The molecule has 1 fully saturated rings. The highest BCUT2D eigenvalue weighted by Gasteiger charge is 2.29. The van der Waals surface area contributed by atoms with Crippen molar-refractivity contribution in [2.75, 3.05) is 32.8 Å². The highest BCUT2D eigenvalue weighted by atomic mass is 16.6. The Morgan fingerprint density at radius 2 is 1.93 bits per heavy atom. The van der Waals surface area contributed by atoms with Crippen molar-refractivity contribution in [1.29, 1.82) is 0 Å². The van der Waals surface area contributed by atoms with Gasteiger partial charge in [0.2, 0.25) is 5.91 Å². The molecule has 2 unspecified atom stereocenters. The number of amides is 2. The Bertz CT molecular complexity index is 618. The smallest absolute Gasteiger partial charge is 0.408 e. The molecular weight excluding hydrogens is 362 g/mol. The van der Waals surface area contributed by atoms with E-state index in [0.29, 0.717) is 19.8 Å². The molecule has 158 valence electrons. The highest BCUT2D eigenvalue weighted by molar-refractivity contribution is 5.85. The fraction of sp³-hybridized carbons (Fsp3) is 0.700. The minimum absolute atomic E-state index is 0.0852. The van der Waals surface area contributed by atoms with E-state index in [1.54, 1.807) is 27.0 Å². The van der Waals surface area contributed by atoms with E-state index in [2.05, 4.69) is 15.5 Å². The minimum atomic E-state index is -0.684. The van der Waals surface area contributed by atoms with Gasteiger partial charge in [0.25, 0.3) is 0 Å². The number of morpholine rings is 1. The van der Waals surface area contributed by atoms with Crippen molar-refractivity contribution in [2.24, 2.45) is 5.92 Å². The first-order chi connectivity index (χ1) is 13.2. The van der Waals surface area contributed by atoms with Crippen LogP contribution in [0.25, 0.3) is 0 Å². The number of carbonyl (C=O) groups is 2. The van der Waals surface area contributed by atoms with Crippen LogP contribution in [0.2, 0.25) is 0 Å². The summed E-state index contributed by atoms with van der Waals surface area (Å²) >= 11 is 0. The first kappa shape index (κ1) is 22.2. The minimum Gasteiger partial charge on any atom is -0.468 e. The number of hydrogen-bond donors (Lipinski definition) is 2. The summed E-state index contributed by atoms with van der Waals surface area (Å²) in [5, 5.41) is 5.65. The van der Waals surface area contributed by atoms with Crippen LogP contribution in [0.15, 0.2) is 22.8 Å². The molecule has 1 aromatic rings. The quantitative estimate of drug-likeness (QED) is 0.736. The third-order valence-corrected chi connectivity index (χ3v) is 4.45. The Morgan fingerprint density at radius 3 is 2.46 bits per heavy atom. The van der Waals surface area contributed by atoms with Gasteiger partial charge in [-0.2, -0.15) is 0 Å². The average Bonchev–Trinajstić information content (AvgIpc) is 3.13. The summed E-state index contributed by atoms with van der Waals surface area (Å²) in [6.07, 6.45) is 1.03. The second-order valence-corrected chi connectivity index (χ2v) is 8.29. The molecule has 0 bridgehead atoms. The van der Waals surface area contributed by atoms with Crippen molar-refractivity contribution in [1.82, 2.24) is 15.5 Å². The largest absolute Gasteiger partial charge is 0.468 e. The van der Waals surface area contributed by atoms with Crippen molar-refractivity contribution in [2.45, 2.75) is 52.3 Å². The molecule has 2 N–H and O–H groups in total. The molecule has 0 radical (unpaired) electrons. The molecule has 2 rings (SSSR count). The summed E-state index contributed by atoms with van der Waals surface area (Å²) in [6, 6.07) is 2.98. The lowest BCUT2D eigenvalue weighted by atomic mass is 10.0. The second-order valence-electron chi connectivity index (χ2n) is 8.29. The molecule has 28 heavy (non-hydrogen) atoms. The van der Waals surface area contributed by atoms with Crippen molar-refractivity contribution < 1.29 is 23.5 Å². The molecule has 2 heterocycles. The van der Waals surface area contributed by atoms with Gasteiger partial charge in [-0.1, -0.05) is 13.8 Å². The van der Waals surface area contributed by atoms with Crippen molar-refractivity contribution in [3.8, 4) is 0 Å². The Kier molecular flexibility index (Phi) is 7.88. The Hall–Kier alpha value is -2.06. The summed E-state index contributed by atoms with van der Waals surface area (Å²) in [4.78, 5) is 27.1. The third kappa shape index (κ3) is 6.83. The van der Waals surface area contributed by atoms with E-state index >= 15 is 0 Å². The summed E-state index contributed by atoms with van der Waals surface area (Å²) < 4.78 is 16.3. The fourth-order valence-corrected chi connectivity index (χ4v) is 3.06. The van der Waals surface area contributed by atoms with E-state index in [-0.39, 0.29) is 17.9 Å². The molecular formula is C20H33N3O5. The third-order valence-electron chi connectivity index (χ3n) is 4.45. The average molecular weight is 396 g/mol. The lowest BCUT2D eigenvalue weighted by Crippen LogP contribution is -2.52. The number of carbonyl (C=O) groups excluding carboxylic acids is 2. The van der Waals surface area contributed by atoms with Crippen LogP contribution >= 0.6 is 0 Å². The van der Waals surface area contributed by atoms with Gasteiger partial charge in [-0.15, -0.1) is 0 Å². The number of nitrogens with one attached hydrogen (secondary N) is 2. The molecule has 0 spiro atoms. The predicted molar refractivity (Wildman–Crippen MR) is 105 cm³/mol. The standard InChI is InChI=1S/C20H33N3O5/c1-14(2)17(22-19(25)28-20(3,4)5)18(24)21-13-15(16-7-6-10-27-16)23-8-11-26-12-9-23/h6-7,10,14-15,17H,8-9,11-13H2,1-5H3,(H,21,24)(H,22,25). The molecule has 8 heteroatoms. The van der Waals surface area contributed by atoms with Gasteiger partial charge in [0.1, 0.15) is 17.4 Å². The number of furan rings is 1. The molecule has 0 aromatic carbocycles. The van der Waals surface area contributed by atoms with Crippen LogP contribution in [0.1, 0.15) is 46.4 Å². The summed E-state index contributed by atoms with van der Waals surface area (Å²) in [5.74, 6) is 0.465. The summed E-state index contributed by atoms with van der Waals surface area (Å²) in [6.45, 7) is 12.3. The van der Waals surface area contributed by atoms with Gasteiger partial charge in [0.05, 0.1) is 25.5 Å². The predicted octanol–water partition coefficient (Wildman–Crippen LogP) is 2.32. The second kappa shape index (κ2) is 9.93. The van der Waals surface area contributed by atoms with Crippen molar-refractivity contribution in [3.05, 3.63) is 24.2 Å². The van der Waals surface area contributed by atoms with Gasteiger partial charge in [-0.05, 0) is 38.8 Å². The van der Waals surface area contributed by atoms with E-state index in [0.717, 1.165) is 18.8 Å². The zero-order valence-electron chi connectivity index (χ0n) is 17.5. The van der Waals surface area contributed by atoms with Crippen LogP contribution in [-0.4, -0.2) is 61.4 Å². The zero-order valence-corrected chi connectivity index (χ0v) is 17.5. The fourth-order valence-electron chi connectivity index (χ4n) is 3.06. The van der Waals surface area contributed by atoms with E-state index < -0.39 is 17.7 Å². The molecule has 1 aliphatic heterocycles. The van der Waals surface area contributed by atoms with Crippen LogP contribution in [0.4, 0.5) is 4.79 Å². The summed E-state index contributed by atoms with van der Waals surface area (Å²) in [7, 11) is 0. The van der Waals surface area contributed by atoms with Crippen LogP contribution in [0.5, 0.6) is 0 Å². The van der Waals surface area contributed by atoms with Crippen molar-refractivity contribution in [3.63, 3.8) is 0 Å². The first-order valence-electron chi connectivity index (χ1n) is 9.80. The zero-order chi connectivity index (χ0) is 20.7. The number of rotatable bonds is 7. The van der Waals surface area contributed by atoms with Crippen molar-refractivity contribution >= 4 is 12.0 Å². The molecule has 0 aliphatic carbocycles. The molecule has 1 aliphatic rings. The van der Waals surface area contributed by atoms with Crippen LogP contribution in [0.3, 0.4) is 0 Å². The number of ether oxygens (including phenoxy) is 2. The van der Waals surface area contributed by atoms with Gasteiger partial charge < -0.3 is 24.5 Å². The molecule has 8 nitrogen and oxygen atoms in total. The maximum absolute atomic E-state index is 12.8. The lowest BCUT2D eigenvalue weighted by Gasteiger charge is -2.34. The monoisotopic (exact) mass is 395 g/mol. The Labute approximate surface area is 166 Å². The SMILES string of the molecule is CC(C)C(NC(=O)OC(C)(C)C)C(=O)NCC(c1ccco1)N1CCOCC1. The number of hydrogen-bond acceptors (Lipinski definition) is 6. The van der Waals surface area contributed by atoms with Gasteiger partial charge in [0, 0.05) is 19.6 Å². The Balaban J connectivity index is 1.99. The van der Waals surface area contributed by atoms with Gasteiger partial charge >= 0.3 is 6.09 Å². The molecule has 1 saturated heterocycles. The van der Waals surface area contributed by atoms with Gasteiger partial charge in [-0.25, -0.2) is 4.79 Å². The molecule has 1 aromatic heterocycles. The normalized spacial score (nSPS) is 17.8. The van der Waals surface area contributed by atoms with Gasteiger partial charge in [0.15, 0.2) is 0 Å². The van der Waals surface area contributed by atoms with E-state index in [1.807, 2.05) is 26.0 Å². The highest BCUT2D eigenvalue weighted by Crippen LogP contribution is 2.22. The maximum atomic E-state index is 12.8. The number of nitrogens with zero attached hydrogens (tertiary/aromatic N) is 1. The van der Waals surface area contributed by atoms with Crippen LogP contribution in [0, 0.1) is 5.92 Å². The molecule has 2 amide bonds. The summed E-state index contributed by atoms with van der Waals surface area (Å²) in [5.41, 5.74) is -0.622. The van der Waals surface area contributed by atoms with Gasteiger partial charge in [-0.3, -0.25) is 9.69 Å². The topological polar surface area (TPSA) is 93.0 Å². The van der Waals surface area contributed by atoms with Crippen LogP contribution < -0.4 is 10.6 Å². The molecule has 2 atom stereocenters. The van der Waals surface area contributed by atoms with E-state index in [1.165, 1.54) is 0 Å². The number of alkyl carbamates (subject to hydrolysis) is 1. The maximum Gasteiger partial charge on any atom is 0.408 e. The van der Waals surface area contributed by atoms with E-state index in [9.17, 15) is 9.59 Å². The lowest BCUT2D eigenvalue weighted by molar-refractivity contribution is -0.124. The van der Waals surface area contributed by atoms with Crippen LogP contribution in [-0.2, 0) is 14.3 Å². The van der Waals surface area contributed by atoms with E-state index in [4.69, 9.17) is 13.9 Å². The first-order valence-corrected chi connectivity index (χ1v) is 9.80. The molecule has 0 saturated carbocycles.